The summed E-state index contributed by atoms with van der Waals surface area (Å²) in [6.07, 6.45) is 0.651. The number of fused-ring (bicyclic) bond motifs is 2. The smallest absolute Gasteiger partial charge is 0.437 e. The summed E-state index contributed by atoms with van der Waals surface area (Å²) in [5.41, 5.74) is 0.606. The van der Waals surface area contributed by atoms with Crippen molar-refractivity contribution in [1.29, 1.82) is 5.26 Å². The van der Waals surface area contributed by atoms with Crippen molar-refractivity contribution in [2.24, 2.45) is 0 Å². The maximum atomic E-state index is 15.1. The summed E-state index contributed by atoms with van der Waals surface area (Å²) < 4.78 is 35.0. The summed E-state index contributed by atoms with van der Waals surface area (Å²) in [6, 6.07) is 10.5. The number of hydrogen-bond donors (Lipinski definition) is 0. The third-order valence-corrected chi connectivity index (χ3v) is 6.78. The molecule has 3 aromatic heterocycles. The minimum absolute atomic E-state index is 0.0371. The number of pyridine rings is 1. The summed E-state index contributed by atoms with van der Waals surface area (Å²) in [7, 11) is 1.69. The molecule has 2 aromatic carbocycles. The lowest BCUT2D eigenvalue weighted by molar-refractivity contribution is 0.0522. The van der Waals surface area contributed by atoms with Crippen LogP contribution in [0, 0.1) is 23.0 Å². The zero-order chi connectivity index (χ0) is 27.4. The fourth-order valence-electron chi connectivity index (χ4n) is 3.96. The number of aromatic nitrogens is 4. The number of anilines is 2. The standard InChI is InChI=1S/C26H19ClF2N6O2S/c1-26(2,3)37-25(36)35-23-17(12-31-35)22(16-9-14(27)10-18(29)21(16)32-23)34(4)24-33-20(19(11-30)38-24)13-5-7-15(28)8-6-13/h5-10,12H,1-4H3. The Hall–Kier alpha value is -4.14. The van der Waals surface area contributed by atoms with Gasteiger partial charge in [0.25, 0.3) is 0 Å². The highest BCUT2D eigenvalue weighted by Gasteiger charge is 2.26. The third-order valence-electron chi connectivity index (χ3n) is 5.52. The maximum absolute atomic E-state index is 15.1. The van der Waals surface area contributed by atoms with Gasteiger partial charge >= 0.3 is 6.09 Å². The normalized spacial score (nSPS) is 11.6. The number of carbonyl (C=O) groups is 1. The molecule has 0 N–H and O–H groups in total. The molecule has 0 radical (unpaired) electrons. The van der Waals surface area contributed by atoms with E-state index in [1.54, 1.807) is 38.8 Å². The third kappa shape index (κ3) is 4.53. The van der Waals surface area contributed by atoms with Gasteiger partial charge < -0.3 is 9.64 Å². The molecule has 0 atom stereocenters. The van der Waals surface area contributed by atoms with Crippen molar-refractivity contribution in [3.8, 4) is 17.3 Å². The summed E-state index contributed by atoms with van der Waals surface area (Å²) >= 11 is 7.30. The monoisotopic (exact) mass is 552 g/mol. The number of benzene rings is 2. The molecule has 8 nitrogen and oxygen atoms in total. The fraction of sp³-hybridized carbons (Fsp3) is 0.192. The first-order valence-electron chi connectivity index (χ1n) is 11.3. The second-order valence-corrected chi connectivity index (χ2v) is 10.8. The van der Waals surface area contributed by atoms with E-state index in [1.807, 2.05) is 0 Å². The van der Waals surface area contributed by atoms with E-state index in [1.165, 1.54) is 30.5 Å². The van der Waals surface area contributed by atoms with Crippen molar-refractivity contribution in [1.82, 2.24) is 19.7 Å². The Kier molecular flexibility index (Phi) is 6.25. The van der Waals surface area contributed by atoms with Gasteiger partial charge in [-0.2, -0.15) is 10.4 Å². The molecule has 0 spiro atoms. The summed E-state index contributed by atoms with van der Waals surface area (Å²) in [6.45, 7) is 5.15. The van der Waals surface area contributed by atoms with Gasteiger partial charge in [0.05, 0.1) is 17.3 Å². The average molecular weight is 553 g/mol. The van der Waals surface area contributed by atoms with E-state index < -0.39 is 23.3 Å². The van der Waals surface area contributed by atoms with Crippen LogP contribution in [0.2, 0.25) is 5.02 Å². The highest BCUT2D eigenvalue weighted by atomic mass is 35.5. The molecule has 0 amide bonds. The van der Waals surface area contributed by atoms with Crippen LogP contribution in [-0.4, -0.2) is 38.5 Å². The molecule has 12 heteroatoms. The first-order chi connectivity index (χ1) is 18.0. The van der Waals surface area contributed by atoms with Gasteiger partial charge in [0.2, 0.25) is 0 Å². The molecular weight excluding hydrogens is 534 g/mol. The van der Waals surface area contributed by atoms with Crippen LogP contribution in [0.5, 0.6) is 0 Å². The van der Waals surface area contributed by atoms with E-state index in [9.17, 15) is 14.4 Å². The van der Waals surface area contributed by atoms with E-state index >= 15 is 4.39 Å². The molecule has 0 aliphatic carbocycles. The van der Waals surface area contributed by atoms with Crippen LogP contribution < -0.4 is 4.90 Å². The van der Waals surface area contributed by atoms with Gasteiger partial charge in [0, 0.05) is 23.0 Å². The minimum atomic E-state index is -0.796. The highest BCUT2D eigenvalue weighted by Crippen LogP contribution is 2.42. The molecule has 0 aliphatic heterocycles. The Morgan fingerprint density at radius 3 is 2.53 bits per heavy atom. The molecule has 5 aromatic rings. The van der Waals surface area contributed by atoms with Crippen LogP contribution in [0.25, 0.3) is 33.2 Å². The zero-order valence-electron chi connectivity index (χ0n) is 20.6. The van der Waals surface area contributed by atoms with Gasteiger partial charge in [0.15, 0.2) is 16.6 Å². The number of halogens is 3. The molecule has 0 saturated carbocycles. The molecule has 38 heavy (non-hydrogen) atoms. The summed E-state index contributed by atoms with van der Waals surface area (Å²) in [5, 5.41) is 15.2. The SMILES string of the molecule is CN(c1nc(-c2ccc(F)cc2)c(C#N)s1)c1c2cc(Cl)cc(F)c2nc2c1cnn2C(=O)OC(C)(C)C. The van der Waals surface area contributed by atoms with Crippen LogP contribution in [-0.2, 0) is 4.74 Å². The van der Waals surface area contributed by atoms with Crippen LogP contribution in [0.1, 0.15) is 25.6 Å². The average Bonchev–Trinajstić information content (AvgIpc) is 3.46. The molecule has 0 unspecified atom stereocenters. The van der Waals surface area contributed by atoms with Gasteiger partial charge in [-0.05, 0) is 57.2 Å². The van der Waals surface area contributed by atoms with Crippen molar-refractivity contribution >= 4 is 61.8 Å². The summed E-state index contributed by atoms with van der Waals surface area (Å²) in [4.78, 5) is 23.9. The van der Waals surface area contributed by atoms with Gasteiger partial charge in [0.1, 0.15) is 33.6 Å². The molecule has 0 fully saturated rings. The number of carbonyl (C=O) groups excluding carboxylic acids is 1. The molecule has 3 heterocycles. The molecule has 5 rings (SSSR count). The highest BCUT2D eigenvalue weighted by molar-refractivity contribution is 7.16. The second kappa shape index (κ2) is 9.31. The van der Waals surface area contributed by atoms with Crippen LogP contribution in [0.4, 0.5) is 24.4 Å². The lowest BCUT2D eigenvalue weighted by Crippen LogP contribution is -2.27. The predicted molar refractivity (Wildman–Crippen MR) is 142 cm³/mol. The van der Waals surface area contributed by atoms with Crippen molar-refractivity contribution in [3.05, 3.63) is 64.1 Å². The summed E-state index contributed by atoms with van der Waals surface area (Å²) in [5.74, 6) is -1.10. The number of ether oxygens (including phenoxy) is 1. The topological polar surface area (TPSA) is 96.9 Å². The Morgan fingerprint density at radius 1 is 1.16 bits per heavy atom. The molecule has 0 aliphatic rings. The van der Waals surface area contributed by atoms with Crippen molar-refractivity contribution < 1.29 is 18.3 Å². The van der Waals surface area contributed by atoms with E-state index in [-0.39, 0.29) is 16.2 Å². The first-order valence-corrected chi connectivity index (χ1v) is 12.5. The number of rotatable bonds is 3. The van der Waals surface area contributed by atoms with Gasteiger partial charge in [-0.25, -0.2) is 23.5 Å². The van der Waals surface area contributed by atoms with Crippen LogP contribution >= 0.6 is 22.9 Å². The van der Waals surface area contributed by atoms with E-state index in [2.05, 4.69) is 21.1 Å². The molecule has 0 saturated heterocycles. The lowest BCUT2D eigenvalue weighted by Gasteiger charge is -2.20. The van der Waals surface area contributed by atoms with E-state index in [4.69, 9.17) is 16.3 Å². The van der Waals surface area contributed by atoms with E-state index in [0.29, 0.717) is 37.7 Å². The minimum Gasteiger partial charge on any atom is -0.442 e. The largest absolute Gasteiger partial charge is 0.442 e. The van der Waals surface area contributed by atoms with Gasteiger partial charge in [-0.3, -0.25) is 0 Å². The Balaban J connectivity index is 1.74. The lowest BCUT2D eigenvalue weighted by atomic mass is 10.1. The Labute approximate surface area is 224 Å². The Morgan fingerprint density at radius 2 is 1.87 bits per heavy atom. The quantitative estimate of drug-likeness (QED) is 0.236. The number of thiazole rings is 1. The number of hydrogen-bond acceptors (Lipinski definition) is 8. The van der Waals surface area contributed by atoms with Gasteiger partial charge in [-0.1, -0.05) is 22.9 Å². The second-order valence-electron chi connectivity index (χ2n) is 9.37. The first kappa shape index (κ1) is 25.5. The number of nitriles is 1. The van der Waals surface area contributed by atoms with Crippen molar-refractivity contribution in [3.63, 3.8) is 0 Å². The molecular formula is C26H19ClF2N6O2S. The molecule has 0 bridgehead atoms. The number of nitrogens with zero attached hydrogens (tertiary/aromatic N) is 6. The van der Waals surface area contributed by atoms with Crippen molar-refractivity contribution in [2.45, 2.75) is 26.4 Å². The Bertz CT molecular complexity index is 1770. The van der Waals surface area contributed by atoms with Gasteiger partial charge in [-0.15, -0.1) is 4.68 Å². The fourth-order valence-corrected chi connectivity index (χ4v) is 5.01. The van der Waals surface area contributed by atoms with Crippen LogP contribution in [0.15, 0.2) is 42.6 Å². The van der Waals surface area contributed by atoms with E-state index in [0.717, 1.165) is 22.1 Å². The maximum Gasteiger partial charge on any atom is 0.437 e. The predicted octanol–water partition coefficient (Wildman–Crippen LogP) is 7.06. The van der Waals surface area contributed by atoms with Crippen molar-refractivity contribution in [2.75, 3.05) is 11.9 Å². The van der Waals surface area contributed by atoms with Crippen LogP contribution in [0.3, 0.4) is 0 Å². The zero-order valence-corrected chi connectivity index (χ0v) is 22.2. The molecule has 192 valence electrons.